The second kappa shape index (κ2) is 6.11. The van der Waals surface area contributed by atoms with E-state index >= 15 is 0 Å². The molecule has 0 amide bonds. The van der Waals surface area contributed by atoms with Crippen LogP contribution in [0.25, 0.3) is 0 Å². The van der Waals surface area contributed by atoms with Crippen molar-refractivity contribution < 1.29 is 8.42 Å². The standard InChI is InChI=1S/C14H23N3O2S/c1-11-13(7-5-8-14(11)20(15,18)19)16-10-12-6-3-4-9-17(12)2/h5,7-8,12,16H,3-4,6,9-10H2,1-2H3,(H2,15,18,19). The number of piperidine rings is 1. The van der Waals surface area contributed by atoms with Gasteiger partial charge in [-0.2, -0.15) is 0 Å². The predicted octanol–water partition coefficient (Wildman–Crippen LogP) is 1.54. The summed E-state index contributed by atoms with van der Waals surface area (Å²) in [6.45, 7) is 3.74. The summed E-state index contributed by atoms with van der Waals surface area (Å²) in [7, 11) is -1.52. The monoisotopic (exact) mass is 297 g/mol. The summed E-state index contributed by atoms with van der Waals surface area (Å²) < 4.78 is 23.0. The highest BCUT2D eigenvalue weighted by molar-refractivity contribution is 7.89. The van der Waals surface area contributed by atoms with Gasteiger partial charge in [-0.3, -0.25) is 0 Å². The maximum absolute atomic E-state index is 11.5. The van der Waals surface area contributed by atoms with Crippen LogP contribution in [0.4, 0.5) is 5.69 Å². The summed E-state index contributed by atoms with van der Waals surface area (Å²) >= 11 is 0. The molecule has 1 aromatic rings. The van der Waals surface area contributed by atoms with Crippen molar-refractivity contribution in [3.05, 3.63) is 23.8 Å². The minimum Gasteiger partial charge on any atom is -0.383 e. The third-order valence-corrected chi connectivity index (χ3v) is 5.10. The minimum absolute atomic E-state index is 0.194. The first kappa shape index (κ1) is 15.3. The third-order valence-electron chi connectivity index (χ3n) is 4.04. The van der Waals surface area contributed by atoms with E-state index in [4.69, 9.17) is 5.14 Å². The van der Waals surface area contributed by atoms with Gasteiger partial charge in [0.1, 0.15) is 0 Å². The molecule has 1 aromatic carbocycles. The highest BCUT2D eigenvalue weighted by Gasteiger charge is 2.19. The Hall–Kier alpha value is -1.11. The number of nitrogens with zero attached hydrogens (tertiary/aromatic N) is 1. The molecule has 1 aliphatic rings. The minimum atomic E-state index is -3.66. The van der Waals surface area contributed by atoms with Crippen LogP contribution in [0, 0.1) is 6.92 Å². The average molecular weight is 297 g/mol. The van der Waals surface area contributed by atoms with E-state index in [-0.39, 0.29) is 4.90 Å². The molecular weight excluding hydrogens is 274 g/mol. The molecule has 0 saturated carbocycles. The van der Waals surface area contributed by atoms with E-state index in [2.05, 4.69) is 17.3 Å². The van der Waals surface area contributed by atoms with Gasteiger partial charge in [-0.15, -0.1) is 0 Å². The zero-order valence-electron chi connectivity index (χ0n) is 12.1. The summed E-state index contributed by atoms with van der Waals surface area (Å²) in [4.78, 5) is 2.55. The van der Waals surface area contributed by atoms with Crippen LogP contribution in [0.2, 0.25) is 0 Å². The number of rotatable bonds is 4. The number of nitrogens with one attached hydrogen (secondary N) is 1. The van der Waals surface area contributed by atoms with Crippen LogP contribution >= 0.6 is 0 Å². The fourth-order valence-corrected chi connectivity index (χ4v) is 3.55. The number of anilines is 1. The number of likely N-dealkylation sites (N-methyl/N-ethyl adjacent to an activating group) is 1. The lowest BCUT2D eigenvalue weighted by Crippen LogP contribution is -2.40. The molecule has 6 heteroatoms. The number of sulfonamides is 1. The maximum atomic E-state index is 11.5. The topological polar surface area (TPSA) is 75.4 Å². The first-order chi connectivity index (χ1) is 9.39. The van der Waals surface area contributed by atoms with Gasteiger partial charge in [0.2, 0.25) is 10.0 Å². The van der Waals surface area contributed by atoms with E-state index in [1.807, 2.05) is 6.07 Å². The van der Waals surface area contributed by atoms with Gasteiger partial charge >= 0.3 is 0 Å². The summed E-state index contributed by atoms with van der Waals surface area (Å²) in [5.41, 5.74) is 1.53. The van der Waals surface area contributed by atoms with Gasteiger partial charge in [0.05, 0.1) is 4.90 Å². The van der Waals surface area contributed by atoms with Crippen molar-refractivity contribution in [3.63, 3.8) is 0 Å². The van der Waals surface area contributed by atoms with Crippen LogP contribution in [0.5, 0.6) is 0 Å². The Morgan fingerprint density at radius 2 is 2.15 bits per heavy atom. The molecule has 20 heavy (non-hydrogen) atoms. The van der Waals surface area contributed by atoms with Crippen LogP contribution in [0.15, 0.2) is 23.1 Å². The van der Waals surface area contributed by atoms with Gasteiger partial charge < -0.3 is 10.2 Å². The Kier molecular flexibility index (Phi) is 4.67. The van der Waals surface area contributed by atoms with Gasteiger partial charge in [-0.1, -0.05) is 12.5 Å². The van der Waals surface area contributed by atoms with Crippen LogP contribution in [0.1, 0.15) is 24.8 Å². The molecule has 3 N–H and O–H groups in total. The molecule has 1 aliphatic heterocycles. The lowest BCUT2D eigenvalue weighted by atomic mass is 10.0. The first-order valence-corrected chi connectivity index (χ1v) is 8.51. The van der Waals surface area contributed by atoms with E-state index in [1.165, 1.54) is 19.3 Å². The Morgan fingerprint density at radius 1 is 1.40 bits per heavy atom. The smallest absolute Gasteiger partial charge is 0.238 e. The largest absolute Gasteiger partial charge is 0.383 e. The van der Waals surface area contributed by atoms with Gasteiger partial charge in [-0.05, 0) is 51.1 Å². The zero-order valence-corrected chi connectivity index (χ0v) is 12.9. The van der Waals surface area contributed by atoms with Crippen LogP contribution in [-0.4, -0.2) is 39.5 Å². The summed E-state index contributed by atoms with van der Waals surface area (Å²) in [5.74, 6) is 0. The number of benzene rings is 1. The van der Waals surface area contributed by atoms with Crippen molar-refractivity contribution >= 4 is 15.7 Å². The van der Waals surface area contributed by atoms with Crippen LogP contribution in [0.3, 0.4) is 0 Å². The number of nitrogens with two attached hydrogens (primary N) is 1. The van der Waals surface area contributed by atoms with Crippen molar-refractivity contribution in [2.75, 3.05) is 25.5 Å². The molecule has 0 spiro atoms. The van der Waals surface area contributed by atoms with Crippen molar-refractivity contribution in [3.8, 4) is 0 Å². The van der Waals surface area contributed by atoms with Gasteiger partial charge in [0, 0.05) is 18.3 Å². The molecule has 2 rings (SSSR count). The SMILES string of the molecule is Cc1c(NCC2CCCCN2C)cccc1S(N)(=O)=O. The fourth-order valence-electron chi connectivity index (χ4n) is 2.74. The van der Waals surface area contributed by atoms with Crippen molar-refractivity contribution in [2.45, 2.75) is 37.1 Å². The normalized spacial score (nSPS) is 20.9. The van der Waals surface area contributed by atoms with Gasteiger partial charge in [-0.25, -0.2) is 13.6 Å². The fraction of sp³-hybridized carbons (Fsp3) is 0.571. The van der Waals surface area contributed by atoms with Gasteiger partial charge in [0.25, 0.3) is 0 Å². The maximum Gasteiger partial charge on any atom is 0.238 e. The summed E-state index contributed by atoms with van der Waals surface area (Å²) in [6, 6.07) is 5.66. The molecule has 0 aromatic heterocycles. The highest BCUT2D eigenvalue weighted by atomic mass is 32.2. The molecule has 1 atom stereocenters. The third kappa shape index (κ3) is 3.50. The molecule has 0 radical (unpaired) electrons. The average Bonchev–Trinajstić information content (AvgIpc) is 2.38. The second-order valence-electron chi connectivity index (χ2n) is 5.48. The van der Waals surface area contributed by atoms with Crippen molar-refractivity contribution in [1.29, 1.82) is 0 Å². The Labute approximate surface area is 121 Å². The van der Waals surface area contributed by atoms with E-state index < -0.39 is 10.0 Å². The lowest BCUT2D eigenvalue weighted by Gasteiger charge is -2.33. The summed E-state index contributed by atoms with van der Waals surface area (Å²) in [5, 5.41) is 8.59. The highest BCUT2D eigenvalue weighted by Crippen LogP contribution is 2.23. The molecular formula is C14H23N3O2S. The van der Waals surface area contributed by atoms with E-state index in [0.29, 0.717) is 11.6 Å². The summed E-state index contributed by atoms with van der Waals surface area (Å²) in [6.07, 6.45) is 3.69. The molecule has 112 valence electrons. The predicted molar refractivity (Wildman–Crippen MR) is 81.3 cm³/mol. The van der Waals surface area contributed by atoms with Crippen LogP contribution in [-0.2, 0) is 10.0 Å². The second-order valence-corrected chi connectivity index (χ2v) is 7.01. The Bertz CT molecular complexity index is 572. The van der Waals surface area contributed by atoms with Gasteiger partial charge in [0.15, 0.2) is 0 Å². The van der Waals surface area contributed by atoms with Crippen LogP contribution < -0.4 is 10.5 Å². The van der Waals surface area contributed by atoms with Crippen molar-refractivity contribution in [1.82, 2.24) is 4.90 Å². The molecule has 5 nitrogen and oxygen atoms in total. The van der Waals surface area contributed by atoms with E-state index in [1.54, 1.807) is 19.1 Å². The zero-order chi connectivity index (χ0) is 14.8. The molecule has 1 fully saturated rings. The number of primary sulfonamides is 1. The molecule has 1 unspecified atom stereocenters. The first-order valence-electron chi connectivity index (χ1n) is 6.96. The Balaban J connectivity index is 2.10. The molecule has 1 saturated heterocycles. The molecule has 0 bridgehead atoms. The van der Waals surface area contributed by atoms with Crippen molar-refractivity contribution in [2.24, 2.45) is 5.14 Å². The number of hydrogen-bond acceptors (Lipinski definition) is 4. The van der Waals surface area contributed by atoms with E-state index in [9.17, 15) is 8.42 Å². The van der Waals surface area contributed by atoms with E-state index in [0.717, 1.165) is 18.8 Å². The molecule has 0 aliphatic carbocycles. The quantitative estimate of drug-likeness (QED) is 0.884. The lowest BCUT2D eigenvalue weighted by molar-refractivity contribution is 0.194. The molecule has 1 heterocycles. The number of hydrogen-bond donors (Lipinski definition) is 2. The number of likely N-dealkylation sites (tertiary alicyclic amines) is 1. The Morgan fingerprint density at radius 3 is 2.80 bits per heavy atom.